The van der Waals surface area contributed by atoms with Gasteiger partial charge in [-0.2, -0.15) is 0 Å². The van der Waals surface area contributed by atoms with Gasteiger partial charge in [-0.3, -0.25) is 10.1 Å². The van der Waals surface area contributed by atoms with Gasteiger partial charge in [0.1, 0.15) is 5.75 Å². The van der Waals surface area contributed by atoms with Gasteiger partial charge in [-0.1, -0.05) is 55.1 Å². The Morgan fingerprint density at radius 1 is 0.939 bits per heavy atom. The van der Waals surface area contributed by atoms with E-state index in [2.05, 4.69) is 40.4 Å². The second-order valence-electron chi connectivity index (χ2n) is 7.52. The summed E-state index contributed by atoms with van der Waals surface area (Å²) < 4.78 is 17.8. The molecule has 0 aromatic heterocycles. The minimum absolute atomic E-state index is 0.235. The fraction of sp³-hybridized carbons (Fsp3) is 0.440. The Kier molecular flexibility index (Phi) is 12.0. The molecule has 0 atom stereocenters. The number of nitrogens with one attached hydrogen (secondary N) is 2. The van der Waals surface area contributed by atoms with E-state index in [1.807, 2.05) is 24.3 Å². The molecule has 0 aliphatic heterocycles. The number of thiocarbonyl (C=S) groups is 1. The minimum atomic E-state index is -0.321. The lowest BCUT2D eigenvalue weighted by molar-refractivity contribution is 0.0972. The summed E-state index contributed by atoms with van der Waals surface area (Å²) in [6, 6.07) is 11.1. The molecule has 0 saturated heterocycles. The summed E-state index contributed by atoms with van der Waals surface area (Å²) in [5, 5.41) is 6.04. The fourth-order valence-electron chi connectivity index (χ4n) is 3.07. The third kappa shape index (κ3) is 9.21. The average molecular weight is 538 g/mol. The van der Waals surface area contributed by atoms with E-state index in [9.17, 15) is 4.79 Å². The normalized spacial score (nSPS) is 10.4. The minimum Gasteiger partial charge on any atom is -0.493 e. The third-order valence-corrected chi connectivity index (χ3v) is 5.55. The van der Waals surface area contributed by atoms with Crippen LogP contribution >= 0.6 is 28.1 Å². The maximum atomic E-state index is 12.8. The second-order valence-corrected chi connectivity index (χ2v) is 8.84. The maximum absolute atomic E-state index is 12.8. The molecule has 0 bridgehead atoms. The van der Waals surface area contributed by atoms with Crippen molar-refractivity contribution in [3.8, 4) is 17.2 Å². The topological polar surface area (TPSA) is 68.8 Å². The van der Waals surface area contributed by atoms with Gasteiger partial charge in [-0.15, -0.1) is 0 Å². The fourth-order valence-corrected chi connectivity index (χ4v) is 3.59. The zero-order valence-corrected chi connectivity index (χ0v) is 21.9. The van der Waals surface area contributed by atoms with E-state index in [0.717, 1.165) is 29.3 Å². The predicted molar refractivity (Wildman–Crippen MR) is 139 cm³/mol. The number of methoxy groups -OCH3 is 1. The van der Waals surface area contributed by atoms with Gasteiger partial charge in [0.15, 0.2) is 16.6 Å². The van der Waals surface area contributed by atoms with Crippen molar-refractivity contribution in [2.24, 2.45) is 0 Å². The second kappa shape index (κ2) is 14.8. The molecule has 0 saturated carbocycles. The lowest BCUT2D eigenvalue weighted by atomic mass is 10.2. The van der Waals surface area contributed by atoms with Crippen molar-refractivity contribution >= 4 is 39.2 Å². The van der Waals surface area contributed by atoms with Crippen LogP contribution in [0.15, 0.2) is 40.9 Å². The smallest absolute Gasteiger partial charge is 0.261 e. The summed E-state index contributed by atoms with van der Waals surface area (Å²) >= 11 is 8.76. The summed E-state index contributed by atoms with van der Waals surface area (Å²) in [6.07, 6.45) is 5.33. The van der Waals surface area contributed by atoms with Crippen molar-refractivity contribution in [3.63, 3.8) is 0 Å². The molecule has 8 heteroatoms. The molecule has 0 aliphatic rings. The lowest BCUT2D eigenvalue weighted by Gasteiger charge is -2.15. The number of carbonyl (C=O) groups is 1. The molecular weight excluding hydrogens is 504 g/mol. The van der Waals surface area contributed by atoms with E-state index >= 15 is 0 Å². The van der Waals surface area contributed by atoms with Gasteiger partial charge in [0.05, 0.1) is 25.9 Å². The van der Waals surface area contributed by atoms with Crippen LogP contribution in [-0.4, -0.2) is 31.3 Å². The van der Waals surface area contributed by atoms with Gasteiger partial charge >= 0.3 is 0 Å². The van der Waals surface area contributed by atoms with Gasteiger partial charge in [-0.05, 0) is 61.0 Å². The number of halogens is 1. The molecule has 2 rings (SSSR count). The number of hydrogen-bond donors (Lipinski definition) is 2. The quantitative estimate of drug-likeness (QED) is 0.241. The van der Waals surface area contributed by atoms with E-state index in [0.29, 0.717) is 42.6 Å². The highest BCUT2D eigenvalue weighted by Crippen LogP contribution is 2.28. The monoisotopic (exact) mass is 536 g/mol. The Morgan fingerprint density at radius 3 is 2.42 bits per heavy atom. The van der Waals surface area contributed by atoms with E-state index in [-0.39, 0.29) is 11.0 Å². The molecule has 0 unspecified atom stereocenters. The van der Waals surface area contributed by atoms with Gasteiger partial charge in [0.2, 0.25) is 0 Å². The molecule has 180 valence electrons. The number of benzene rings is 2. The summed E-state index contributed by atoms with van der Waals surface area (Å²) in [4.78, 5) is 12.8. The molecule has 2 aromatic rings. The Bertz CT molecular complexity index is 923. The summed E-state index contributed by atoms with van der Waals surface area (Å²) in [5.41, 5.74) is 1.38. The zero-order chi connectivity index (χ0) is 24.1. The average Bonchev–Trinajstić information content (AvgIpc) is 2.82. The van der Waals surface area contributed by atoms with Gasteiger partial charge < -0.3 is 19.5 Å². The third-order valence-electron chi connectivity index (χ3n) is 4.81. The molecule has 0 spiro atoms. The molecule has 2 aromatic carbocycles. The van der Waals surface area contributed by atoms with Gasteiger partial charge in [0, 0.05) is 11.0 Å². The predicted octanol–water partition coefficient (Wildman–Crippen LogP) is 6.01. The van der Waals surface area contributed by atoms with Crippen molar-refractivity contribution < 1.29 is 19.0 Å². The molecule has 33 heavy (non-hydrogen) atoms. The first kappa shape index (κ1) is 26.9. The molecule has 1 amide bonds. The molecule has 0 aliphatic carbocycles. The van der Waals surface area contributed by atoms with Crippen LogP contribution in [0.25, 0.3) is 0 Å². The Hall–Kier alpha value is -2.32. The Labute approximate surface area is 210 Å². The van der Waals surface area contributed by atoms with E-state index in [4.69, 9.17) is 26.4 Å². The lowest BCUT2D eigenvalue weighted by Crippen LogP contribution is -2.39. The summed E-state index contributed by atoms with van der Waals surface area (Å²) in [5.74, 6) is 1.59. The zero-order valence-electron chi connectivity index (χ0n) is 19.5. The molecule has 0 fully saturated rings. The van der Waals surface area contributed by atoms with Crippen LogP contribution in [0.4, 0.5) is 0 Å². The highest BCUT2D eigenvalue weighted by atomic mass is 79.9. The van der Waals surface area contributed by atoms with Crippen molar-refractivity contribution in [1.82, 2.24) is 10.6 Å². The molecular formula is C25H33BrN2O4S. The van der Waals surface area contributed by atoms with Crippen molar-refractivity contribution in [1.29, 1.82) is 0 Å². The van der Waals surface area contributed by atoms with E-state index in [1.54, 1.807) is 19.2 Å². The first-order chi connectivity index (χ1) is 16.0. The highest BCUT2D eigenvalue weighted by Gasteiger charge is 2.15. The number of ether oxygens (including phenoxy) is 3. The standard InChI is InChI=1S/C25H33BrN2O4S/c1-4-6-7-8-14-32-21-12-10-19(26)16-20(21)24(29)28-25(33)27-17-18-9-11-22(31-13-5-2)23(15-18)30-3/h9-12,15-16H,4-8,13-14,17H2,1-3H3,(H2,27,28,29,33). The summed E-state index contributed by atoms with van der Waals surface area (Å²) in [7, 11) is 1.61. The summed E-state index contributed by atoms with van der Waals surface area (Å²) in [6.45, 7) is 5.86. The molecule has 0 radical (unpaired) electrons. The number of carbonyl (C=O) groups excluding carboxylic acids is 1. The molecule has 2 N–H and O–H groups in total. The van der Waals surface area contributed by atoms with Crippen LogP contribution in [-0.2, 0) is 6.54 Å². The van der Waals surface area contributed by atoms with E-state index in [1.165, 1.54) is 12.8 Å². The van der Waals surface area contributed by atoms with Crippen LogP contribution in [0.2, 0.25) is 0 Å². The number of rotatable bonds is 13. The van der Waals surface area contributed by atoms with Crippen molar-refractivity contribution in [3.05, 3.63) is 52.0 Å². The number of amides is 1. The van der Waals surface area contributed by atoms with E-state index < -0.39 is 0 Å². The van der Waals surface area contributed by atoms with Crippen LogP contribution in [0.5, 0.6) is 17.2 Å². The number of unbranched alkanes of at least 4 members (excludes halogenated alkanes) is 3. The first-order valence-corrected chi connectivity index (χ1v) is 12.5. The van der Waals surface area contributed by atoms with Crippen LogP contribution < -0.4 is 24.8 Å². The maximum Gasteiger partial charge on any atom is 0.261 e. The van der Waals surface area contributed by atoms with Gasteiger partial charge in [-0.25, -0.2) is 0 Å². The highest BCUT2D eigenvalue weighted by molar-refractivity contribution is 9.10. The van der Waals surface area contributed by atoms with Crippen molar-refractivity contribution in [2.45, 2.75) is 52.5 Å². The molecule has 6 nitrogen and oxygen atoms in total. The van der Waals surface area contributed by atoms with Crippen LogP contribution in [0.3, 0.4) is 0 Å². The van der Waals surface area contributed by atoms with Crippen molar-refractivity contribution in [2.75, 3.05) is 20.3 Å². The largest absolute Gasteiger partial charge is 0.493 e. The molecule has 0 heterocycles. The Balaban J connectivity index is 1.94. The van der Waals surface area contributed by atoms with Crippen LogP contribution in [0.1, 0.15) is 61.9 Å². The Morgan fingerprint density at radius 2 is 1.70 bits per heavy atom. The first-order valence-electron chi connectivity index (χ1n) is 11.3. The van der Waals surface area contributed by atoms with Gasteiger partial charge in [0.25, 0.3) is 5.91 Å². The van der Waals surface area contributed by atoms with Crippen LogP contribution in [0, 0.1) is 0 Å². The number of hydrogen-bond acceptors (Lipinski definition) is 5. The SMILES string of the molecule is CCCCCCOc1ccc(Br)cc1C(=O)NC(=S)NCc1ccc(OCCC)c(OC)c1.